The first-order valence-corrected chi connectivity index (χ1v) is 9.71. The molecule has 0 aliphatic heterocycles. The Morgan fingerprint density at radius 3 is 2.88 bits per heavy atom. The van der Waals surface area contributed by atoms with E-state index < -0.39 is 11.9 Å². The highest BCUT2D eigenvalue weighted by Crippen LogP contribution is 2.36. The number of hydrogen-bond donors (Lipinski definition) is 1. The normalized spacial score (nSPS) is 10.8. The van der Waals surface area contributed by atoms with Crippen molar-refractivity contribution in [1.82, 2.24) is 10.2 Å². The van der Waals surface area contributed by atoms with E-state index in [9.17, 15) is 13.6 Å². The van der Waals surface area contributed by atoms with Gasteiger partial charge in [-0.25, -0.2) is 4.79 Å². The molecule has 1 amide bonds. The van der Waals surface area contributed by atoms with Gasteiger partial charge in [-0.05, 0) is 24.6 Å². The van der Waals surface area contributed by atoms with Crippen LogP contribution in [0, 0.1) is 0 Å². The van der Waals surface area contributed by atoms with E-state index >= 15 is 0 Å². The molecule has 25 heavy (non-hydrogen) atoms. The molecule has 0 radical (unpaired) electrons. The maximum atomic E-state index is 12.5. The molecule has 0 aliphatic rings. The molecule has 0 unspecified atom stereocenters. The highest BCUT2D eigenvalue weighted by molar-refractivity contribution is 8.00. The molecule has 1 heterocycles. The molecule has 0 fully saturated rings. The lowest BCUT2D eigenvalue weighted by Gasteiger charge is -2.09. The number of nitrogens with one attached hydrogen (secondary N) is 1. The summed E-state index contributed by atoms with van der Waals surface area (Å²) in [4.78, 5) is 11.7. The van der Waals surface area contributed by atoms with Crippen molar-refractivity contribution in [1.29, 1.82) is 0 Å². The van der Waals surface area contributed by atoms with Crippen LogP contribution in [0.2, 0.25) is 0 Å². The number of aromatic nitrogens is 2. The van der Waals surface area contributed by atoms with Gasteiger partial charge in [-0.15, -0.1) is 10.2 Å². The van der Waals surface area contributed by atoms with Crippen LogP contribution >= 0.6 is 34.9 Å². The third-order valence-electron chi connectivity index (χ3n) is 2.70. The first-order chi connectivity index (χ1) is 12.0. The van der Waals surface area contributed by atoms with Gasteiger partial charge >= 0.3 is 6.09 Å². The van der Waals surface area contributed by atoms with Gasteiger partial charge in [0.05, 0.1) is 18.6 Å². The third kappa shape index (κ3) is 6.33. The topological polar surface area (TPSA) is 73.3 Å². The number of nitrogens with zero attached hydrogens (tertiary/aromatic N) is 2. The molecule has 1 aromatic heterocycles. The van der Waals surface area contributed by atoms with E-state index in [1.165, 1.54) is 30.2 Å². The number of carbonyl (C=O) groups excluding carboxylic acids is 1. The van der Waals surface area contributed by atoms with E-state index in [-0.39, 0.29) is 6.61 Å². The fourth-order valence-corrected chi connectivity index (χ4v) is 3.99. The number of methoxy groups -OCH3 is 1. The Hall–Kier alpha value is -1.59. The second kappa shape index (κ2) is 9.78. The summed E-state index contributed by atoms with van der Waals surface area (Å²) in [6.07, 6.45) is -0.577. The lowest BCUT2D eigenvalue weighted by atomic mass is 10.2. The summed E-state index contributed by atoms with van der Waals surface area (Å²) in [5.74, 6) is -1.53. The Morgan fingerprint density at radius 2 is 2.20 bits per heavy atom. The summed E-state index contributed by atoms with van der Waals surface area (Å²) in [5, 5.41) is 10.7. The van der Waals surface area contributed by atoms with Crippen molar-refractivity contribution in [2.45, 2.75) is 27.7 Å². The van der Waals surface area contributed by atoms with Crippen molar-refractivity contribution < 1.29 is 23.0 Å². The number of halogens is 2. The van der Waals surface area contributed by atoms with Crippen LogP contribution < -0.4 is 10.1 Å². The smallest absolute Gasteiger partial charge is 0.413 e. The SMILES string of the molecule is CCOC(=O)Nc1nnc(SCc2ccc(SC(F)F)c(OC)c2)s1. The van der Waals surface area contributed by atoms with Crippen molar-refractivity contribution in [2.24, 2.45) is 0 Å². The van der Waals surface area contributed by atoms with Gasteiger partial charge in [0.15, 0.2) is 4.34 Å². The molecular formula is C14H15F2N3O3S3. The van der Waals surface area contributed by atoms with Crippen LogP contribution in [-0.4, -0.2) is 35.8 Å². The number of benzene rings is 1. The number of anilines is 1. The van der Waals surface area contributed by atoms with Gasteiger partial charge in [-0.2, -0.15) is 8.78 Å². The summed E-state index contributed by atoms with van der Waals surface area (Å²) in [5.41, 5.74) is 0.899. The molecule has 6 nitrogen and oxygen atoms in total. The Morgan fingerprint density at radius 1 is 1.40 bits per heavy atom. The molecule has 0 saturated heterocycles. The van der Waals surface area contributed by atoms with E-state index in [0.29, 0.717) is 37.6 Å². The summed E-state index contributed by atoms with van der Waals surface area (Å²) in [6, 6.07) is 5.09. The minimum absolute atomic E-state index is 0.272. The van der Waals surface area contributed by atoms with Crippen molar-refractivity contribution in [2.75, 3.05) is 19.0 Å². The van der Waals surface area contributed by atoms with Gasteiger partial charge in [0, 0.05) is 5.75 Å². The summed E-state index contributed by atoms with van der Waals surface area (Å²) >= 11 is 3.09. The second-order valence-corrected chi connectivity index (χ2v) is 7.60. The van der Waals surface area contributed by atoms with Crippen LogP contribution in [-0.2, 0) is 10.5 Å². The molecule has 1 N–H and O–H groups in total. The minimum atomic E-state index is -2.50. The minimum Gasteiger partial charge on any atom is -0.496 e. The maximum Gasteiger partial charge on any atom is 0.413 e. The molecule has 0 bridgehead atoms. The third-order valence-corrected chi connectivity index (χ3v) is 5.51. The number of amides is 1. The standard InChI is InChI=1S/C14H15F2N3O3S3/c1-3-22-13(20)17-12-18-19-14(25-12)23-7-8-4-5-10(24-11(15)16)9(6-8)21-2/h4-6,11H,3,7H2,1-2H3,(H,17,18,20). The Kier molecular flexibility index (Phi) is 7.72. The maximum absolute atomic E-state index is 12.5. The number of alkyl halides is 2. The fourth-order valence-electron chi connectivity index (χ4n) is 1.71. The molecule has 0 aliphatic carbocycles. The molecule has 0 atom stereocenters. The molecule has 0 spiro atoms. The second-order valence-electron chi connectivity index (χ2n) is 4.37. The Labute approximate surface area is 155 Å². The van der Waals surface area contributed by atoms with Crippen LogP contribution in [0.3, 0.4) is 0 Å². The van der Waals surface area contributed by atoms with Crippen molar-refractivity contribution >= 4 is 46.1 Å². The molecule has 1 aromatic carbocycles. The zero-order chi connectivity index (χ0) is 18.2. The number of hydrogen-bond acceptors (Lipinski definition) is 8. The number of ether oxygens (including phenoxy) is 2. The monoisotopic (exact) mass is 407 g/mol. The van der Waals surface area contributed by atoms with Crippen molar-refractivity contribution in [3.63, 3.8) is 0 Å². The van der Waals surface area contributed by atoms with Crippen molar-refractivity contribution in [3.05, 3.63) is 23.8 Å². The van der Waals surface area contributed by atoms with Gasteiger partial charge in [0.1, 0.15) is 5.75 Å². The Bertz CT molecular complexity index is 716. The molecule has 136 valence electrons. The van der Waals surface area contributed by atoms with Crippen LogP contribution in [0.15, 0.2) is 27.4 Å². The molecular weight excluding hydrogens is 392 g/mol. The average molecular weight is 407 g/mol. The predicted molar refractivity (Wildman–Crippen MR) is 95.0 cm³/mol. The highest BCUT2D eigenvalue weighted by atomic mass is 32.2. The summed E-state index contributed by atoms with van der Waals surface area (Å²) in [6.45, 7) is 1.98. The number of carbonyl (C=O) groups is 1. The van der Waals surface area contributed by atoms with Gasteiger partial charge in [0.2, 0.25) is 5.13 Å². The van der Waals surface area contributed by atoms with Crippen LogP contribution in [0.1, 0.15) is 12.5 Å². The quantitative estimate of drug-likeness (QED) is 0.501. The number of rotatable bonds is 8. The predicted octanol–water partition coefficient (Wildman–Crippen LogP) is 4.72. The highest BCUT2D eigenvalue weighted by Gasteiger charge is 2.13. The molecule has 2 rings (SSSR count). The van der Waals surface area contributed by atoms with Gasteiger partial charge < -0.3 is 9.47 Å². The van der Waals surface area contributed by atoms with Gasteiger partial charge in [0.25, 0.3) is 5.76 Å². The van der Waals surface area contributed by atoms with Crippen LogP contribution in [0.5, 0.6) is 5.75 Å². The van der Waals surface area contributed by atoms with E-state index in [4.69, 9.17) is 9.47 Å². The van der Waals surface area contributed by atoms with Crippen LogP contribution in [0.25, 0.3) is 0 Å². The van der Waals surface area contributed by atoms with E-state index in [1.807, 2.05) is 0 Å². The lowest BCUT2D eigenvalue weighted by Crippen LogP contribution is -2.12. The molecule has 2 aromatic rings. The van der Waals surface area contributed by atoms with Crippen molar-refractivity contribution in [3.8, 4) is 5.75 Å². The van der Waals surface area contributed by atoms with E-state index in [1.54, 1.807) is 25.1 Å². The number of thioether (sulfide) groups is 2. The molecule has 0 saturated carbocycles. The van der Waals surface area contributed by atoms with Crippen LogP contribution in [0.4, 0.5) is 18.7 Å². The zero-order valence-electron chi connectivity index (χ0n) is 13.3. The zero-order valence-corrected chi connectivity index (χ0v) is 15.8. The lowest BCUT2D eigenvalue weighted by molar-refractivity contribution is 0.168. The van der Waals surface area contributed by atoms with Gasteiger partial charge in [-0.1, -0.05) is 40.9 Å². The first kappa shape index (κ1) is 19.7. The average Bonchev–Trinajstić information content (AvgIpc) is 3.01. The first-order valence-electron chi connectivity index (χ1n) is 7.03. The largest absolute Gasteiger partial charge is 0.496 e. The van der Waals surface area contributed by atoms with Gasteiger partial charge in [-0.3, -0.25) is 5.32 Å². The fraction of sp³-hybridized carbons (Fsp3) is 0.357. The summed E-state index contributed by atoms with van der Waals surface area (Å²) in [7, 11) is 1.44. The van der Waals surface area contributed by atoms with E-state index in [2.05, 4.69) is 15.5 Å². The van der Waals surface area contributed by atoms with E-state index in [0.717, 1.165) is 5.56 Å². The summed E-state index contributed by atoms with van der Waals surface area (Å²) < 4.78 is 35.6. The molecule has 11 heteroatoms. The Balaban J connectivity index is 1.95.